The van der Waals surface area contributed by atoms with Crippen LogP contribution in [0.3, 0.4) is 0 Å². The molecule has 3 heteroatoms. The second-order valence-electron chi connectivity index (χ2n) is 4.81. The van der Waals surface area contributed by atoms with Gasteiger partial charge in [-0.2, -0.15) is 0 Å². The molecular formula is C12H22ClNO. The highest BCUT2D eigenvalue weighted by molar-refractivity contribution is 6.17. The summed E-state index contributed by atoms with van der Waals surface area (Å²) in [7, 11) is 0. The van der Waals surface area contributed by atoms with Crippen LogP contribution >= 0.6 is 11.6 Å². The van der Waals surface area contributed by atoms with Crippen LogP contribution in [-0.4, -0.2) is 29.3 Å². The Bertz CT molecular complexity index is 202. The van der Waals surface area contributed by atoms with Crippen LogP contribution < -0.4 is 0 Å². The van der Waals surface area contributed by atoms with Crippen LogP contribution in [0, 0.1) is 5.92 Å². The van der Waals surface area contributed by atoms with E-state index >= 15 is 0 Å². The molecule has 0 aliphatic heterocycles. The topological polar surface area (TPSA) is 20.3 Å². The predicted octanol–water partition coefficient (Wildman–Crippen LogP) is 3.04. The van der Waals surface area contributed by atoms with E-state index in [4.69, 9.17) is 11.6 Å². The van der Waals surface area contributed by atoms with Gasteiger partial charge in [-0.05, 0) is 31.6 Å². The van der Waals surface area contributed by atoms with Crippen LogP contribution in [0.4, 0.5) is 0 Å². The molecular weight excluding hydrogens is 210 g/mol. The number of carbonyl (C=O) groups is 1. The van der Waals surface area contributed by atoms with Gasteiger partial charge in [-0.1, -0.05) is 13.8 Å². The van der Waals surface area contributed by atoms with Crippen LogP contribution in [0.5, 0.6) is 0 Å². The number of alkyl halides is 1. The maximum absolute atomic E-state index is 12.0. The van der Waals surface area contributed by atoms with Gasteiger partial charge in [-0.15, -0.1) is 11.6 Å². The lowest BCUT2D eigenvalue weighted by Gasteiger charge is -2.38. The van der Waals surface area contributed by atoms with Crippen molar-refractivity contribution in [2.75, 3.05) is 12.4 Å². The molecule has 1 amide bonds. The minimum Gasteiger partial charge on any atom is -0.340 e. The molecule has 15 heavy (non-hydrogen) atoms. The van der Waals surface area contributed by atoms with Gasteiger partial charge in [-0.3, -0.25) is 4.79 Å². The number of carbonyl (C=O) groups excluding carboxylic acids is 1. The van der Waals surface area contributed by atoms with Crippen molar-refractivity contribution in [3.63, 3.8) is 0 Å². The number of hydrogen-bond acceptors (Lipinski definition) is 1. The van der Waals surface area contributed by atoms with E-state index in [0.29, 0.717) is 30.2 Å². The molecule has 0 bridgehead atoms. The lowest BCUT2D eigenvalue weighted by Crippen LogP contribution is -2.45. The van der Waals surface area contributed by atoms with Crippen molar-refractivity contribution in [3.8, 4) is 0 Å². The van der Waals surface area contributed by atoms with Crippen LogP contribution in [0.15, 0.2) is 0 Å². The van der Waals surface area contributed by atoms with E-state index in [0.717, 1.165) is 13.0 Å². The average molecular weight is 232 g/mol. The second kappa shape index (κ2) is 6.37. The highest BCUT2D eigenvalue weighted by Crippen LogP contribution is 2.26. The summed E-state index contributed by atoms with van der Waals surface area (Å²) in [4.78, 5) is 14.0. The summed E-state index contributed by atoms with van der Waals surface area (Å²) in [5.41, 5.74) is 0. The van der Waals surface area contributed by atoms with Crippen molar-refractivity contribution in [1.29, 1.82) is 0 Å². The zero-order valence-corrected chi connectivity index (χ0v) is 10.6. The number of hydrogen-bond donors (Lipinski definition) is 0. The van der Waals surface area contributed by atoms with Crippen molar-refractivity contribution in [2.45, 2.75) is 52.0 Å². The van der Waals surface area contributed by atoms with Crippen LogP contribution in [0.1, 0.15) is 46.0 Å². The molecule has 0 aromatic rings. The van der Waals surface area contributed by atoms with Gasteiger partial charge in [0.2, 0.25) is 5.91 Å². The van der Waals surface area contributed by atoms with Gasteiger partial charge in [0.05, 0.1) is 0 Å². The Labute approximate surface area is 98.0 Å². The van der Waals surface area contributed by atoms with E-state index in [1.165, 1.54) is 19.3 Å². The SMILES string of the molecule is CC(C)CC(=O)N(CCCCl)C1CCC1. The quantitative estimate of drug-likeness (QED) is 0.644. The highest BCUT2D eigenvalue weighted by Gasteiger charge is 2.28. The van der Waals surface area contributed by atoms with Crippen LogP contribution in [0.25, 0.3) is 0 Å². The Morgan fingerprint density at radius 2 is 2.13 bits per heavy atom. The first-order chi connectivity index (χ1) is 7.15. The average Bonchev–Trinajstić information content (AvgIpc) is 2.07. The molecule has 1 saturated carbocycles. The first-order valence-electron chi connectivity index (χ1n) is 6.00. The summed E-state index contributed by atoms with van der Waals surface area (Å²) < 4.78 is 0. The third kappa shape index (κ3) is 4.02. The Morgan fingerprint density at radius 3 is 2.53 bits per heavy atom. The maximum Gasteiger partial charge on any atom is 0.223 e. The van der Waals surface area contributed by atoms with E-state index in [-0.39, 0.29) is 0 Å². The summed E-state index contributed by atoms with van der Waals surface area (Å²) >= 11 is 5.68. The van der Waals surface area contributed by atoms with Gasteiger partial charge < -0.3 is 4.90 Å². The van der Waals surface area contributed by atoms with Gasteiger partial charge >= 0.3 is 0 Å². The number of amides is 1. The van der Waals surface area contributed by atoms with Gasteiger partial charge in [-0.25, -0.2) is 0 Å². The normalized spacial score (nSPS) is 16.5. The summed E-state index contributed by atoms with van der Waals surface area (Å²) in [5.74, 6) is 1.42. The van der Waals surface area contributed by atoms with Crippen molar-refractivity contribution >= 4 is 17.5 Å². The standard InChI is InChI=1S/C12H22ClNO/c1-10(2)9-12(15)14(8-4-7-13)11-5-3-6-11/h10-11H,3-9H2,1-2H3. The van der Waals surface area contributed by atoms with E-state index in [1.807, 2.05) is 0 Å². The fraction of sp³-hybridized carbons (Fsp3) is 0.917. The molecule has 0 unspecified atom stereocenters. The second-order valence-corrected chi connectivity index (χ2v) is 5.19. The highest BCUT2D eigenvalue weighted by atomic mass is 35.5. The molecule has 0 N–H and O–H groups in total. The molecule has 1 rings (SSSR count). The lowest BCUT2D eigenvalue weighted by molar-refractivity contribution is -0.136. The van der Waals surface area contributed by atoms with E-state index in [9.17, 15) is 4.79 Å². The lowest BCUT2D eigenvalue weighted by atomic mass is 9.90. The van der Waals surface area contributed by atoms with Gasteiger partial charge in [0.25, 0.3) is 0 Å². The molecule has 88 valence electrons. The summed E-state index contributed by atoms with van der Waals surface area (Å²) in [6, 6.07) is 0.513. The van der Waals surface area contributed by atoms with Gasteiger partial charge in [0.1, 0.15) is 0 Å². The molecule has 2 nitrogen and oxygen atoms in total. The fourth-order valence-corrected chi connectivity index (χ4v) is 2.03. The molecule has 0 saturated heterocycles. The smallest absolute Gasteiger partial charge is 0.223 e. The minimum atomic E-state index is 0.319. The zero-order chi connectivity index (χ0) is 11.3. The van der Waals surface area contributed by atoms with Crippen molar-refractivity contribution in [1.82, 2.24) is 4.90 Å². The Hall–Kier alpha value is -0.240. The summed E-state index contributed by atoms with van der Waals surface area (Å²) in [6.45, 7) is 5.04. The maximum atomic E-state index is 12.0. The first kappa shape index (κ1) is 12.8. The van der Waals surface area contributed by atoms with Crippen molar-refractivity contribution in [3.05, 3.63) is 0 Å². The first-order valence-corrected chi connectivity index (χ1v) is 6.54. The van der Waals surface area contributed by atoms with Crippen molar-refractivity contribution < 1.29 is 4.79 Å². The molecule has 0 atom stereocenters. The molecule has 1 aliphatic carbocycles. The predicted molar refractivity (Wildman–Crippen MR) is 64.1 cm³/mol. The third-order valence-electron chi connectivity index (χ3n) is 2.95. The number of nitrogens with zero attached hydrogens (tertiary/aromatic N) is 1. The summed E-state index contributed by atoms with van der Waals surface area (Å²) in [6.07, 6.45) is 5.25. The van der Waals surface area contributed by atoms with Gasteiger partial charge in [0, 0.05) is 24.9 Å². The molecule has 1 aliphatic rings. The van der Waals surface area contributed by atoms with Crippen LogP contribution in [-0.2, 0) is 4.79 Å². The van der Waals surface area contributed by atoms with Gasteiger partial charge in [0.15, 0.2) is 0 Å². The Kier molecular flexibility index (Phi) is 5.44. The zero-order valence-electron chi connectivity index (χ0n) is 9.84. The molecule has 1 fully saturated rings. The number of rotatable bonds is 6. The van der Waals surface area contributed by atoms with E-state index < -0.39 is 0 Å². The largest absolute Gasteiger partial charge is 0.340 e. The Balaban J connectivity index is 2.42. The third-order valence-corrected chi connectivity index (χ3v) is 3.22. The van der Waals surface area contributed by atoms with Crippen molar-refractivity contribution in [2.24, 2.45) is 5.92 Å². The molecule has 0 aromatic heterocycles. The molecule has 0 aromatic carbocycles. The minimum absolute atomic E-state index is 0.319. The Morgan fingerprint density at radius 1 is 1.47 bits per heavy atom. The molecule has 0 heterocycles. The molecule has 0 radical (unpaired) electrons. The summed E-state index contributed by atoms with van der Waals surface area (Å²) in [5, 5.41) is 0. The van der Waals surface area contributed by atoms with E-state index in [2.05, 4.69) is 18.7 Å². The molecule has 0 spiro atoms. The fourth-order valence-electron chi connectivity index (χ4n) is 1.91. The van der Waals surface area contributed by atoms with Crippen LogP contribution in [0.2, 0.25) is 0 Å². The number of halogens is 1. The van der Waals surface area contributed by atoms with E-state index in [1.54, 1.807) is 0 Å². The monoisotopic (exact) mass is 231 g/mol.